The first-order valence-electron chi connectivity index (χ1n) is 5.22. The number of carbonyl (C=O) groups is 1. The Bertz CT molecular complexity index is 572. The predicted octanol–water partition coefficient (Wildman–Crippen LogP) is 3.88. The molecule has 5 heteroatoms. The van der Waals surface area contributed by atoms with Crippen molar-refractivity contribution in [1.29, 1.82) is 0 Å². The zero-order chi connectivity index (χ0) is 13.1. The Kier molecular flexibility index (Phi) is 4.14. The van der Waals surface area contributed by atoms with Crippen LogP contribution < -0.4 is 4.90 Å². The summed E-state index contributed by atoms with van der Waals surface area (Å²) >= 11 is 6.75. The lowest BCUT2D eigenvalue weighted by Gasteiger charge is -2.17. The maximum atomic E-state index is 12.4. The van der Waals surface area contributed by atoms with Gasteiger partial charge in [-0.3, -0.25) is 9.78 Å². The summed E-state index contributed by atoms with van der Waals surface area (Å²) in [4.78, 5) is 17.9. The highest BCUT2D eigenvalue weighted by atomic mass is 79.9. The maximum absolute atomic E-state index is 12.4. The van der Waals surface area contributed by atoms with Gasteiger partial charge in [-0.05, 0) is 46.3 Å². The molecule has 1 heterocycles. The number of benzene rings is 1. The Morgan fingerprint density at radius 1 is 1.28 bits per heavy atom. The van der Waals surface area contributed by atoms with E-state index in [0.29, 0.717) is 5.56 Å². The summed E-state index contributed by atoms with van der Waals surface area (Å²) in [7, 11) is 1.73. The van der Waals surface area contributed by atoms with Crippen molar-refractivity contribution in [1.82, 2.24) is 4.98 Å². The molecule has 0 aliphatic carbocycles. The molecule has 0 radical (unpaired) electrons. The quantitative estimate of drug-likeness (QED) is 0.804. The Morgan fingerprint density at radius 3 is 2.72 bits per heavy atom. The fourth-order valence-electron chi connectivity index (χ4n) is 1.51. The fourth-order valence-corrected chi connectivity index (χ4v) is 2.29. The van der Waals surface area contributed by atoms with Crippen molar-refractivity contribution in [3.8, 4) is 0 Å². The molecule has 1 aromatic carbocycles. The molecule has 0 spiro atoms. The normalized spacial score (nSPS) is 10.2. The average molecular weight is 370 g/mol. The number of aromatic nitrogens is 1. The number of nitrogens with zero attached hydrogens (tertiary/aromatic N) is 2. The molecule has 18 heavy (non-hydrogen) atoms. The molecule has 0 saturated heterocycles. The van der Waals surface area contributed by atoms with Gasteiger partial charge in [0.15, 0.2) is 0 Å². The zero-order valence-electron chi connectivity index (χ0n) is 9.60. The molecule has 0 atom stereocenters. The standard InChI is InChI=1S/C13H10Br2N2O/c1-17(10-3-2-6-16-8-10)13(18)11-7-9(14)4-5-12(11)15/h2-8H,1H3. The number of halogens is 2. The number of pyridine rings is 1. The molecule has 0 N–H and O–H groups in total. The summed E-state index contributed by atoms with van der Waals surface area (Å²) in [5, 5.41) is 0. The molecule has 0 saturated carbocycles. The first kappa shape index (κ1) is 13.2. The fraction of sp³-hybridized carbons (Fsp3) is 0.0769. The topological polar surface area (TPSA) is 33.2 Å². The summed E-state index contributed by atoms with van der Waals surface area (Å²) < 4.78 is 1.64. The highest BCUT2D eigenvalue weighted by molar-refractivity contribution is 9.11. The summed E-state index contributed by atoms with van der Waals surface area (Å²) in [6.07, 6.45) is 3.33. The van der Waals surface area contributed by atoms with Crippen LogP contribution in [0.25, 0.3) is 0 Å². The van der Waals surface area contributed by atoms with Crippen LogP contribution in [-0.2, 0) is 0 Å². The van der Waals surface area contributed by atoms with Gasteiger partial charge in [0.05, 0.1) is 17.4 Å². The maximum Gasteiger partial charge on any atom is 0.259 e. The first-order chi connectivity index (χ1) is 8.59. The predicted molar refractivity (Wildman–Crippen MR) is 78.8 cm³/mol. The van der Waals surface area contributed by atoms with Crippen LogP contribution >= 0.6 is 31.9 Å². The van der Waals surface area contributed by atoms with E-state index in [2.05, 4.69) is 36.8 Å². The van der Waals surface area contributed by atoms with Crippen molar-refractivity contribution in [3.05, 3.63) is 57.2 Å². The molecule has 2 rings (SSSR count). The third-order valence-corrected chi connectivity index (χ3v) is 3.68. The van der Waals surface area contributed by atoms with Crippen molar-refractivity contribution < 1.29 is 4.79 Å². The molecule has 0 bridgehead atoms. The van der Waals surface area contributed by atoms with Gasteiger partial charge in [-0.15, -0.1) is 0 Å². The van der Waals surface area contributed by atoms with Crippen molar-refractivity contribution in [2.24, 2.45) is 0 Å². The van der Waals surface area contributed by atoms with Gasteiger partial charge in [-0.2, -0.15) is 0 Å². The van der Waals surface area contributed by atoms with E-state index in [-0.39, 0.29) is 5.91 Å². The second kappa shape index (κ2) is 5.63. The molecule has 92 valence electrons. The van der Waals surface area contributed by atoms with Crippen LogP contribution in [0.15, 0.2) is 51.7 Å². The number of anilines is 1. The molecular weight excluding hydrogens is 360 g/mol. The molecule has 0 unspecified atom stereocenters. The average Bonchev–Trinajstić information content (AvgIpc) is 2.41. The van der Waals surface area contributed by atoms with Crippen LogP contribution in [0.4, 0.5) is 5.69 Å². The van der Waals surface area contributed by atoms with Crippen LogP contribution in [0.3, 0.4) is 0 Å². The molecule has 1 amide bonds. The summed E-state index contributed by atoms with van der Waals surface area (Å²) in [6, 6.07) is 9.16. The van der Waals surface area contributed by atoms with E-state index in [1.807, 2.05) is 18.2 Å². The number of rotatable bonds is 2. The largest absolute Gasteiger partial charge is 0.310 e. The second-order valence-corrected chi connectivity index (χ2v) is 5.47. The van der Waals surface area contributed by atoms with Gasteiger partial charge in [-0.1, -0.05) is 15.9 Å². The SMILES string of the molecule is CN(C(=O)c1cc(Br)ccc1Br)c1cccnc1. The minimum atomic E-state index is -0.0869. The minimum absolute atomic E-state index is 0.0869. The first-order valence-corrected chi connectivity index (χ1v) is 6.81. The third-order valence-electron chi connectivity index (χ3n) is 2.50. The van der Waals surface area contributed by atoms with Crippen molar-refractivity contribution in [2.75, 3.05) is 11.9 Å². The molecule has 3 nitrogen and oxygen atoms in total. The van der Waals surface area contributed by atoms with Crippen LogP contribution in [0, 0.1) is 0 Å². The Hall–Kier alpha value is -1.20. The monoisotopic (exact) mass is 368 g/mol. The molecule has 2 aromatic rings. The van der Waals surface area contributed by atoms with Crippen LogP contribution in [0.1, 0.15) is 10.4 Å². The van der Waals surface area contributed by atoms with Gasteiger partial charge in [0.1, 0.15) is 0 Å². The second-order valence-electron chi connectivity index (χ2n) is 3.70. The minimum Gasteiger partial charge on any atom is -0.310 e. The van der Waals surface area contributed by atoms with Crippen molar-refractivity contribution >= 4 is 43.5 Å². The summed E-state index contributed by atoms with van der Waals surface area (Å²) in [5.74, 6) is -0.0869. The smallest absolute Gasteiger partial charge is 0.259 e. The van der Waals surface area contributed by atoms with E-state index in [0.717, 1.165) is 14.6 Å². The Balaban J connectivity index is 2.34. The van der Waals surface area contributed by atoms with Gasteiger partial charge < -0.3 is 4.90 Å². The van der Waals surface area contributed by atoms with Gasteiger partial charge in [0, 0.05) is 22.2 Å². The van der Waals surface area contributed by atoms with Crippen molar-refractivity contribution in [2.45, 2.75) is 0 Å². The Labute approximate surface area is 122 Å². The highest BCUT2D eigenvalue weighted by Gasteiger charge is 2.16. The number of hydrogen-bond donors (Lipinski definition) is 0. The van der Waals surface area contributed by atoms with E-state index in [1.165, 1.54) is 0 Å². The molecule has 0 aliphatic rings. The highest BCUT2D eigenvalue weighted by Crippen LogP contribution is 2.24. The van der Waals surface area contributed by atoms with Gasteiger partial charge in [0.2, 0.25) is 0 Å². The number of carbonyl (C=O) groups excluding carboxylic acids is 1. The van der Waals surface area contributed by atoms with Crippen LogP contribution in [0.5, 0.6) is 0 Å². The van der Waals surface area contributed by atoms with E-state index in [4.69, 9.17) is 0 Å². The van der Waals surface area contributed by atoms with Gasteiger partial charge in [-0.25, -0.2) is 0 Å². The molecule has 0 fully saturated rings. The lowest BCUT2D eigenvalue weighted by atomic mass is 10.2. The van der Waals surface area contributed by atoms with Crippen LogP contribution in [-0.4, -0.2) is 17.9 Å². The third kappa shape index (κ3) is 2.79. The number of hydrogen-bond acceptors (Lipinski definition) is 2. The zero-order valence-corrected chi connectivity index (χ0v) is 12.8. The van der Waals surface area contributed by atoms with E-state index in [9.17, 15) is 4.79 Å². The molecule has 0 aliphatic heterocycles. The van der Waals surface area contributed by atoms with E-state index in [1.54, 1.807) is 36.5 Å². The van der Waals surface area contributed by atoms with Crippen LogP contribution in [0.2, 0.25) is 0 Å². The molecule has 1 aromatic heterocycles. The van der Waals surface area contributed by atoms with E-state index < -0.39 is 0 Å². The van der Waals surface area contributed by atoms with Crippen molar-refractivity contribution in [3.63, 3.8) is 0 Å². The summed E-state index contributed by atoms with van der Waals surface area (Å²) in [6.45, 7) is 0. The number of amides is 1. The van der Waals surface area contributed by atoms with Gasteiger partial charge in [0.25, 0.3) is 5.91 Å². The lowest BCUT2D eigenvalue weighted by molar-refractivity contribution is 0.0992. The van der Waals surface area contributed by atoms with E-state index >= 15 is 0 Å². The lowest BCUT2D eigenvalue weighted by Crippen LogP contribution is -2.26. The Morgan fingerprint density at radius 2 is 2.06 bits per heavy atom. The van der Waals surface area contributed by atoms with Gasteiger partial charge >= 0.3 is 0 Å². The summed E-state index contributed by atoms with van der Waals surface area (Å²) in [5.41, 5.74) is 1.37. The molecular formula is C13H10Br2N2O.